The third-order valence-electron chi connectivity index (χ3n) is 4.02. The van der Waals surface area contributed by atoms with Crippen molar-refractivity contribution in [1.82, 2.24) is 9.97 Å². The van der Waals surface area contributed by atoms with E-state index in [9.17, 15) is 4.79 Å². The molecule has 0 spiro atoms. The van der Waals surface area contributed by atoms with Crippen LogP contribution >= 0.6 is 0 Å². The Kier molecular flexibility index (Phi) is 5.05. The fraction of sp³-hybridized carbons (Fsp3) is 0.389. The lowest BCUT2D eigenvalue weighted by Crippen LogP contribution is -2.37. The van der Waals surface area contributed by atoms with Crippen LogP contribution in [-0.4, -0.2) is 42.2 Å². The molecule has 1 amide bonds. The number of carbonyl (C=O) groups is 1. The molecule has 6 heteroatoms. The van der Waals surface area contributed by atoms with Gasteiger partial charge in [-0.15, -0.1) is 0 Å². The van der Waals surface area contributed by atoms with E-state index in [2.05, 4.69) is 20.2 Å². The van der Waals surface area contributed by atoms with Crippen molar-refractivity contribution < 1.29 is 9.53 Å². The molecule has 0 bridgehead atoms. The van der Waals surface area contributed by atoms with Gasteiger partial charge in [-0.3, -0.25) is 4.79 Å². The monoisotopic (exact) mass is 326 g/mol. The van der Waals surface area contributed by atoms with E-state index in [1.807, 2.05) is 44.2 Å². The van der Waals surface area contributed by atoms with E-state index in [4.69, 9.17) is 4.74 Å². The van der Waals surface area contributed by atoms with Crippen molar-refractivity contribution in [2.45, 2.75) is 20.3 Å². The predicted octanol–water partition coefficient (Wildman–Crippen LogP) is 2.11. The Labute approximate surface area is 141 Å². The van der Waals surface area contributed by atoms with Crippen LogP contribution in [0.15, 0.2) is 30.3 Å². The van der Waals surface area contributed by atoms with Crippen LogP contribution in [0.2, 0.25) is 0 Å². The molecule has 1 N–H and O–H groups in total. The van der Waals surface area contributed by atoms with E-state index in [0.29, 0.717) is 31.3 Å². The Morgan fingerprint density at radius 3 is 2.38 bits per heavy atom. The molecule has 24 heavy (non-hydrogen) atoms. The molecule has 0 unspecified atom stereocenters. The van der Waals surface area contributed by atoms with Gasteiger partial charge in [-0.25, -0.2) is 9.97 Å². The average molecular weight is 326 g/mol. The van der Waals surface area contributed by atoms with Crippen molar-refractivity contribution in [1.29, 1.82) is 0 Å². The number of ether oxygens (including phenoxy) is 1. The van der Waals surface area contributed by atoms with E-state index in [0.717, 1.165) is 30.0 Å². The third kappa shape index (κ3) is 3.89. The number of hydrogen-bond acceptors (Lipinski definition) is 5. The summed E-state index contributed by atoms with van der Waals surface area (Å²) in [6.45, 7) is 6.76. The number of morpholine rings is 1. The largest absolute Gasteiger partial charge is 0.378 e. The van der Waals surface area contributed by atoms with Gasteiger partial charge in [0.2, 0.25) is 11.9 Å². The van der Waals surface area contributed by atoms with Crippen LogP contribution in [-0.2, 0) is 16.0 Å². The first-order valence-corrected chi connectivity index (χ1v) is 8.15. The summed E-state index contributed by atoms with van der Waals surface area (Å²) in [6.07, 6.45) is 0.338. The zero-order valence-corrected chi connectivity index (χ0v) is 14.1. The first-order chi connectivity index (χ1) is 11.6. The molecule has 126 valence electrons. The highest BCUT2D eigenvalue weighted by Gasteiger charge is 2.17. The number of anilines is 2. The number of nitrogens with zero attached hydrogens (tertiary/aromatic N) is 3. The van der Waals surface area contributed by atoms with Crippen LogP contribution in [0.1, 0.15) is 17.0 Å². The normalized spacial score (nSPS) is 14.5. The van der Waals surface area contributed by atoms with Crippen LogP contribution < -0.4 is 10.2 Å². The molecule has 1 saturated heterocycles. The summed E-state index contributed by atoms with van der Waals surface area (Å²) in [5, 5.41) is 2.95. The summed E-state index contributed by atoms with van der Waals surface area (Å²) in [7, 11) is 0. The van der Waals surface area contributed by atoms with E-state index < -0.39 is 0 Å². The van der Waals surface area contributed by atoms with Crippen LogP contribution in [0.25, 0.3) is 0 Å². The maximum Gasteiger partial charge on any atom is 0.228 e. The molecule has 3 rings (SSSR count). The fourth-order valence-corrected chi connectivity index (χ4v) is 2.75. The summed E-state index contributed by atoms with van der Waals surface area (Å²) in [6, 6.07) is 9.68. The molecule has 1 aromatic heterocycles. The second-order valence-electron chi connectivity index (χ2n) is 5.88. The molecule has 0 aliphatic carbocycles. The van der Waals surface area contributed by atoms with Crippen molar-refractivity contribution in [2.75, 3.05) is 36.5 Å². The Hall–Kier alpha value is -2.47. The average Bonchev–Trinajstić information content (AvgIpc) is 2.59. The van der Waals surface area contributed by atoms with Gasteiger partial charge in [0.25, 0.3) is 0 Å². The third-order valence-corrected chi connectivity index (χ3v) is 4.02. The van der Waals surface area contributed by atoms with E-state index in [1.165, 1.54) is 0 Å². The summed E-state index contributed by atoms with van der Waals surface area (Å²) in [4.78, 5) is 23.5. The highest BCUT2D eigenvalue weighted by Crippen LogP contribution is 2.21. The zero-order valence-electron chi connectivity index (χ0n) is 14.1. The minimum absolute atomic E-state index is 0.0601. The lowest BCUT2D eigenvalue weighted by Gasteiger charge is -2.27. The van der Waals surface area contributed by atoms with Gasteiger partial charge in [0, 0.05) is 13.1 Å². The molecule has 2 heterocycles. The summed E-state index contributed by atoms with van der Waals surface area (Å²) >= 11 is 0. The first kappa shape index (κ1) is 16.4. The quantitative estimate of drug-likeness (QED) is 0.932. The number of rotatable bonds is 4. The van der Waals surface area contributed by atoms with Gasteiger partial charge < -0.3 is 15.0 Å². The molecule has 1 aliphatic heterocycles. The summed E-state index contributed by atoms with van der Waals surface area (Å²) in [5.41, 5.74) is 3.25. The molecule has 1 aromatic carbocycles. The number of amides is 1. The lowest BCUT2D eigenvalue weighted by atomic mass is 10.1. The smallest absolute Gasteiger partial charge is 0.228 e. The Morgan fingerprint density at radius 2 is 1.75 bits per heavy atom. The minimum Gasteiger partial charge on any atom is -0.378 e. The van der Waals surface area contributed by atoms with Gasteiger partial charge in [-0.05, 0) is 19.4 Å². The Bertz CT molecular complexity index is 689. The van der Waals surface area contributed by atoms with Crippen molar-refractivity contribution in [3.05, 3.63) is 47.3 Å². The highest BCUT2D eigenvalue weighted by atomic mass is 16.5. The SMILES string of the molecule is Cc1nc(N2CCOCC2)nc(C)c1NC(=O)Cc1ccccc1. The topological polar surface area (TPSA) is 67.3 Å². The van der Waals surface area contributed by atoms with E-state index >= 15 is 0 Å². The van der Waals surface area contributed by atoms with Gasteiger partial charge in [0.15, 0.2) is 0 Å². The van der Waals surface area contributed by atoms with Crippen LogP contribution in [0, 0.1) is 13.8 Å². The van der Waals surface area contributed by atoms with Crippen LogP contribution in [0.4, 0.5) is 11.6 Å². The predicted molar refractivity (Wildman–Crippen MR) is 93.3 cm³/mol. The Morgan fingerprint density at radius 1 is 1.12 bits per heavy atom. The standard InChI is InChI=1S/C18H22N4O2/c1-13-17(21-16(23)12-15-6-4-3-5-7-15)14(2)20-18(19-13)22-8-10-24-11-9-22/h3-7H,8-12H2,1-2H3,(H,21,23). The molecule has 1 fully saturated rings. The van der Waals surface area contributed by atoms with E-state index in [-0.39, 0.29) is 5.91 Å². The molecule has 2 aromatic rings. The molecular formula is C18H22N4O2. The molecule has 1 aliphatic rings. The highest BCUT2D eigenvalue weighted by molar-refractivity contribution is 5.93. The van der Waals surface area contributed by atoms with Crippen molar-refractivity contribution in [3.63, 3.8) is 0 Å². The summed E-state index contributed by atoms with van der Waals surface area (Å²) in [5.74, 6) is 0.643. The Balaban J connectivity index is 1.72. The molecule has 0 radical (unpaired) electrons. The van der Waals surface area contributed by atoms with E-state index in [1.54, 1.807) is 0 Å². The fourth-order valence-electron chi connectivity index (χ4n) is 2.75. The van der Waals surface area contributed by atoms with Gasteiger partial charge in [0.05, 0.1) is 36.7 Å². The number of hydrogen-bond donors (Lipinski definition) is 1. The van der Waals surface area contributed by atoms with Crippen LogP contribution in [0.3, 0.4) is 0 Å². The van der Waals surface area contributed by atoms with Crippen molar-refractivity contribution >= 4 is 17.5 Å². The molecule has 0 saturated carbocycles. The first-order valence-electron chi connectivity index (χ1n) is 8.15. The maximum absolute atomic E-state index is 12.3. The molecular weight excluding hydrogens is 304 g/mol. The minimum atomic E-state index is -0.0601. The second kappa shape index (κ2) is 7.40. The van der Waals surface area contributed by atoms with Gasteiger partial charge in [-0.2, -0.15) is 0 Å². The number of benzene rings is 1. The van der Waals surface area contributed by atoms with Crippen molar-refractivity contribution in [3.8, 4) is 0 Å². The van der Waals surface area contributed by atoms with Gasteiger partial charge in [-0.1, -0.05) is 30.3 Å². The zero-order chi connectivity index (χ0) is 16.9. The second-order valence-corrected chi connectivity index (χ2v) is 5.88. The maximum atomic E-state index is 12.3. The number of aromatic nitrogens is 2. The summed E-state index contributed by atoms with van der Waals surface area (Å²) < 4.78 is 5.36. The lowest BCUT2D eigenvalue weighted by molar-refractivity contribution is -0.115. The number of carbonyl (C=O) groups excluding carboxylic acids is 1. The van der Waals surface area contributed by atoms with Crippen molar-refractivity contribution in [2.24, 2.45) is 0 Å². The van der Waals surface area contributed by atoms with Gasteiger partial charge in [0.1, 0.15) is 0 Å². The number of nitrogens with one attached hydrogen (secondary N) is 1. The molecule has 0 atom stereocenters. The van der Waals surface area contributed by atoms with Crippen LogP contribution in [0.5, 0.6) is 0 Å². The molecule has 6 nitrogen and oxygen atoms in total. The number of aryl methyl sites for hydroxylation is 2. The van der Waals surface area contributed by atoms with Gasteiger partial charge >= 0.3 is 0 Å².